The lowest BCUT2D eigenvalue weighted by Crippen LogP contribution is -2.40. The minimum atomic E-state index is -0.318. The monoisotopic (exact) mass is 406 g/mol. The Kier molecular flexibility index (Phi) is 5.67. The average Bonchev–Trinajstić information content (AvgIpc) is 2.88. The molecule has 0 radical (unpaired) electrons. The maximum absolute atomic E-state index is 12.4. The van der Waals surface area contributed by atoms with Gasteiger partial charge in [-0.05, 0) is 66.9 Å². The highest BCUT2D eigenvalue weighted by Gasteiger charge is 2.20. The van der Waals surface area contributed by atoms with Crippen LogP contribution in [0.15, 0.2) is 28.7 Å². The van der Waals surface area contributed by atoms with Crippen molar-refractivity contribution in [1.29, 1.82) is 0 Å². The Hall–Kier alpha value is -2.15. The van der Waals surface area contributed by atoms with E-state index >= 15 is 0 Å². The summed E-state index contributed by atoms with van der Waals surface area (Å²) in [4.78, 5) is 24.5. The summed E-state index contributed by atoms with van der Waals surface area (Å²) < 4.78 is 0.668. The number of carbonyl (C=O) groups excluding carboxylic acids is 2. The van der Waals surface area contributed by atoms with Crippen molar-refractivity contribution < 1.29 is 9.59 Å². The van der Waals surface area contributed by atoms with Crippen LogP contribution >= 0.6 is 15.9 Å². The zero-order valence-electron chi connectivity index (χ0n) is 15.0. The van der Waals surface area contributed by atoms with E-state index in [1.165, 1.54) is 0 Å². The van der Waals surface area contributed by atoms with E-state index in [-0.39, 0.29) is 23.3 Å². The van der Waals surface area contributed by atoms with E-state index < -0.39 is 0 Å². The SMILES string of the molecule is CC(C)c1[nH]nc(C(=O)Nc2ccc(C(=O)NC(C)(C)C)cc2)c1Br. The zero-order valence-corrected chi connectivity index (χ0v) is 16.6. The Morgan fingerprint density at radius 3 is 2.20 bits per heavy atom. The Balaban J connectivity index is 2.08. The molecule has 2 rings (SSSR count). The van der Waals surface area contributed by atoms with Gasteiger partial charge in [0, 0.05) is 16.8 Å². The number of nitrogens with one attached hydrogen (secondary N) is 3. The molecule has 2 aromatic rings. The highest BCUT2D eigenvalue weighted by atomic mass is 79.9. The maximum Gasteiger partial charge on any atom is 0.277 e. The lowest BCUT2D eigenvalue weighted by molar-refractivity contribution is 0.0919. The number of hydrogen-bond acceptors (Lipinski definition) is 3. The number of amides is 2. The molecule has 3 N–H and O–H groups in total. The first-order valence-electron chi connectivity index (χ1n) is 8.06. The number of aromatic amines is 1. The van der Waals surface area contributed by atoms with Gasteiger partial charge in [0.05, 0.1) is 10.2 Å². The van der Waals surface area contributed by atoms with Gasteiger partial charge in [0.2, 0.25) is 0 Å². The molecule has 0 bridgehead atoms. The van der Waals surface area contributed by atoms with Gasteiger partial charge < -0.3 is 10.6 Å². The van der Waals surface area contributed by atoms with Crippen molar-refractivity contribution in [1.82, 2.24) is 15.5 Å². The first-order valence-corrected chi connectivity index (χ1v) is 8.85. The van der Waals surface area contributed by atoms with Gasteiger partial charge in [0.1, 0.15) is 0 Å². The van der Waals surface area contributed by atoms with Crippen LogP contribution in [0.2, 0.25) is 0 Å². The van der Waals surface area contributed by atoms with Crippen molar-refractivity contribution in [2.45, 2.75) is 46.1 Å². The Morgan fingerprint density at radius 1 is 1.12 bits per heavy atom. The fourth-order valence-corrected chi connectivity index (χ4v) is 3.00. The van der Waals surface area contributed by atoms with E-state index in [1.807, 2.05) is 34.6 Å². The molecule has 1 aromatic heterocycles. The summed E-state index contributed by atoms with van der Waals surface area (Å²) in [5, 5.41) is 12.6. The van der Waals surface area contributed by atoms with E-state index in [1.54, 1.807) is 24.3 Å². The van der Waals surface area contributed by atoms with Crippen molar-refractivity contribution in [2.75, 3.05) is 5.32 Å². The van der Waals surface area contributed by atoms with Crippen molar-refractivity contribution in [3.63, 3.8) is 0 Å². The lowest BCUT2D eigenvalue weighted by Gasteiger charge is -2.20. The number of rotatable bonds is 4. The molecule has 0 aliphatic carbocycles. The summed E-state index contributed by atoms with van der Waals surface area (Å²) in [5.74, 6) is -0.243. The largest absolute Gasteiger partial charge is 0.347 e. The fraction of sp³-hybridized carbons (Fsp3) is 0.389. The topological polar surface area (TPSA) is 86.9 Å². The molecular weight excluding hydrogens is 384 g/mol. The van der Waals surface area contributed by atoms with Crippen LogP contribution in [0.4, 0.5) is 5.69 Å². The van der Waals surface area contributed by atoms with Crippen molar-refractivity contribution in [2.24, 2.45) is 0 Å². The second-order valence-electron chi connectivity index (χ2n) is 7.19. The third-order valence-corrected chi connectivity index (χ3v) is 4.22. The fourth-order valence-electron chi connectivity index (χ4n) is 2.18. The van der Waals surface area contributed by atoms with E-state index in [0.717, 1.165) is 5.69 Å². The third-order valence-electron chi connectivity index (χ3n) is 3.42. The number of halogens is 1. The molecule has 1 heterocycles. The molecule has 6 nitrogen and oxygen atoms in total. The number of carbonyl (C=O) groups is 2. The minimum Gasteiger partial charge on any atom is -0.347 e. The number of aromatic nitrogens is 2. The summed E-state index contributed by atoms with van der Waals surface area (Å²) in [6, 6.07) is 6.74. The van der Waals surface area contributed by atoms with Gasteiger partial charge in [0.25, 0.3) is 11.8 Å². The molecule has 0 spiro atoms. The van der Waals surface area contributed by atoms with Gasteiger partial charge in [-0.1, -0.05) is 13.8 Å². The number of H-pyrrole nitrogens is 1. The molecule has 0 unspecified atom stereocenters. The standard InChI is InChI=1S/C18H23BrN4O2/c1-10(2)14-13(19)15(23-22-14)17(25)20-12-8-6-11(7-9-12)16(24)21-18(3,4)5/h6-10H,1-5H3,(H,20,25)(H,21,24)(H,22,23). The quantitative estimate of drug-likeness (QED) is 0.714. The van der Waals surface area contributed by atoms with E-state index in [0.29, 0.717) is 21.4 Å². The first kappa shape index (κ1) is 19.2. The van der Waals surface area contributed by atoms with Crippen LogP contribution in [-0.4, -0.2) is 27.6 Å². The van der Waals surface area contributed by atoms with Gasteiger partial charge >= 0.3 is 0 Å². The Bertz CT molecular complexity index is 773. The molecule has 0 saturated heterocycles. The highest BCUT2D eigenvalue weighted by Crippen LogP contribution is 2.26. The van der Waals surface area contributed by atoms with Crippen LogP contribution in [0, 0.1) is 0 Å². The van der Waals surface area contributed by atoms with E-state index in [9.17, 15) is 9.59 Å². The second kappa shape index (κ2) is 7.39. The van der Waals surface area contributed by atoms with Crippen LogP contribution in [0.5, 0.6) is 0 Å². The number of benzene rings is 1. The van der Waals surface area contributed by atoms with Crippen molar-refractivity contribution in [3.05, 3.63) is 45.7 Å². The van der Waals surface area contributed by atoms with E-state index in [4.69, 9.17) is 0 Å². The number of hydrogen-bond donors (Lipinski definition) is 3. The minimum absolute atomic E-state index is 0.151. The first-order chi connectivity index (χ1) is 11.6. The van der Waals surface area contributed by atoms with Crippen LogP contribution < -0.4 is 10.6 Å². The van der Waals surface area contributed by atoms with Crippen LogP contribution in [0.3, 0.4) is 0 Å². The highest BCUT2D eigenvalue weighted by molar-refractivity contribution is 9.10. The Labute approximate surface area is 155 Å². The van der Waals surface area contributed by atoms with Gasteiger partial charge in [-0.15, -0.1) is 0 Å². The van der Waals surface area contributed by atoms with Gasteiger partial charge in [-0.25, -0.2) is 0 Å². The van der Waals surface area contributed by atoms with Crippen LogP contribution in [0.25, 0.3) is 0 Å². The smallest absolute Gasteiger partial charge is 0.277 e. The van der Waals surface area contributed by atoms with Gasteiger partial charge in [-0.3, -0.25) is 14.7 Å². The molecule has 0 saturated carbocycles. The lowest BCUT2D eigenvalue weighted by atomic mass is 10.1. The summed E-state index contributed by atoms with van der Waals surface area (Å²) in [6.45, 7) is 9.80. The molecule has 25 heavy (non-hydrogen) atoms. The summed E-state index contributed by atoms with van der Waals surface area (Å²) in [6.07, 6.45) is 0. The molecule has 1 aromatic carbocycles. The summed E-state index contributed by atoms with van der Waals surface area (Å²) in [7, 11) is 0. The summed E-state index contributed by atoms with van der Waals surface area (Å²) in [5.41, 5.74) is 2.01. The second-order valence-corrected chi connectivity index (χ2v) is 7.98. The predicted molar refractivity (Wildman–Crippen MR) is 102 cm³/mol. The van der Waals surface area contributed by atoms with Crippen molar-refractivity contribution >= 4 is 33.4 Å². The molecule has 2 amide bonds. The molecule has 134 valence electrons. The number of anilines is 1. The van der Waals surface area contributed by atoms with E-state index in [2.05, 4.69) is 36.8 Å². The molecule has 7 heteroatoms. The van der Waals surface area contributed by atoms with Gasteiger partial charge in [0.15, 0.2) is 5.69 Å². The maximum atomic E-state index is 12.4. The van der Waals surface area contributed by atoms with Crippen LogP contribution in [-0.2, 0) is 0 Å². The summed E-state index contributed by atoms with van der Waals surface area (Å²) >= 11 is 3.42. The van der Waals surface area contributed by atoms with Crippen molar-refractivity contribution in [3.8, 4) is 0 Å². The average molecular weight is 407 g/mol. The normalized spacial score (nSPS) is 11.5. The number of nitrogens with zero attached hydrogens (tertiary/aromatic N) is 1. The Morgan fingerprint density at radius 2 is 1.72 bits per heavy atom. The zero-order chi connectivity index (χ0) is 18.8. The van der Waals surface area contributed by atoms with Gasteiger partial charge in [-0.2, -0.15) is 5.10 Å². The predicted octanol–water partition coefficient (Wildman–Crippen LogP) is 4.08. The molecule has 0 aliphatic rings. The molecular formula is C18H23BrN4O2. The van der Waals surface area contributed by atoms with Crippen LogP contribution in [0.1, 0.15) is 67.1 Å². The molecule has 0 fully saturated rings. The molecule has 0 atom stereocenters. The molecule has 0 aliphatic heterocycles. The third kappa shape index (κ3) is 4.92.